The van der Waals surface area contributed by atoms with E-state index in [4.69, 9.17) is 68.6 Å². The standard InChI is InChI=1S/C17H27NO2.C17H27NO.C16H25NO.C15H23NO.C15H17NO.C15H17N.C14H15N/c1-17(2)12-14(9-11-20-17)16(8-10-18)13-4-6-15(19-3)7-5-13;1-13-4-6-14(7-5-13)16(8-10-18)15-9-11-19-17(2,3)12-15;1-16(2)12-14(9-11-18-16)15(8-10-17)13-6-4-3-5-7-13;1-14(2)12-15(8-10-16,9-11-17-14)13-6-4-3-5-7-13;1-17-14-9-7-13(8-10-14)15(11-16)12-5-3-2-4-6-12;16-12-11-15(13-7-3-1-4-8-13)14-9-5-2-6-10-14;15-11-14(12-7-3-1-4-8-12)13-9-5-2-6-10-13/h4-7,14,16H,8-12,18H2,1-3H3;4-7,15-16H,8-12,18H2,1-3H3;3-7,14-15H,8-12,17H2,1-2H3;3-7H,8-12,16H2,1-2H3;2-10,15H,11,16H2,1H3;1-10,15H,11-12,16H2;1-10,14H,11,15H2. The van der Waals surface area contributed by atoms with Crippen LogP contribution in [0.3, 0.4) is 0 Å². The summed E-state index contributed by atoms with van der Waals surface area (Å²) in [7, 11) is 3.37. The molecule has 4 fully saturated rings. The van der Waals surface area contributed by atoms with Gasteiger partial charge < -0.3 is 68.6 Å². The summed E-state index contributed by atoms with van der Waals surface area (Å²) in [5.74, 6) is 6.49. The molecule has 658 valence electrons. The van der Waals surface area contributed by atoms with Crippen LogP contribution >= 0.6 is 0 Å². The van der Waals surface area contributed by atoms with Crippen molar-refractivity contribution < 1.29 is 28.4 Å². The fraction of sp³-hybridized carbons (Fsp3) is 0.450. The van der Waals surface area contributed by atoms with Gasteiger partial charge in [0.15, 0.2) is 0 Å². The Morgan fingerprint density at radius 2 is 0.574 bits per heavy atom. The number of benzene rings is 10. The summed E-state index contributed by atoms with van der Waals surface area (Å²) < 4.78 is 33.8. The highest BCUT2D eigenvalue weighted by Gasteiger charge is 2.42. The Morgan fingerprint density at radius 3 is 0.861 bits per heavy atom. The van der Waals surface area contributed by atoms with Crippen LogP contribution in [0.4, 0.5) is 0 Å². The molecule has 4 aliphatic heterocycles. The molecule has 0 amide bonds. The molecule has 0 bridgehead atoms. The second-order valence-electron chi connectivity index (χ2n) is 36.0. The number of rotatable bonds is 27. The van der Waals surface area contributed by atoms with Crippen molar-refractivity contribution >= 4 is 0 Å². The van der Waals surface area contributed by atoms with Gasteiger partial charge in [-0.15, -0.1) is 0 Å². The highest BCUT2D eigenvalue weighted by atomic mass is 16.5. The van der Waals surface area contributed by atoms with Crippen molar-refractivity contribution in [2.75, 3.05) is 86.5 Å². The summed E-state index contributed by atoms with van der Waals surface area (Å²) >= 11 is 0. The number of hydrogen-bond acceptors (Lipinski definition) is 13. The summed E-state index contributed by atoms with van der Waals surface area (Å²) in [6.07, 6.45) is 14.2. The number of ether oxygens (including phenoxy) is 6. The lowest BCUT2D eigenvalue weighted by Crippen LogP contribution is -2.45. The molecule has 122 heavy (non-hydrogen) atoms. The quantitative estimate of drug-likeness (QED) is 0.0254. The predicted octanol–water partition coefficient (Wildman–Crippen LogP) is 21.9. The first-order valence-corrected chi connectivity index (χ1v) is 45.1. The molecule has 0 aliphatic carbocycles. The first-order valence-electron chi connectivity index (χ1n) is 45.1. The first-order chi connectivity index (χ1) is 58.9. The third-order valence-electron chi connectivity index (χ3n) is 24.9. The van der Waals surface area contributed by atoms with Crippen molar-refractivity contribution in [2.45, 2.75) is 209 Å². The first kappa shape index (κ1) is 98.8. The van der Waals surface area contributed by atoms with E-state index in [-0.39, 0.29) is 33.7 Å². The predicted molar refractivity (Wildman–Crippen MR) is 512 cm³/mol. The van der Waals surface area contributed by atoms with Gasteiger partial charge in [0.1, 0.15) is 11.5 Å². The van der Waals surface area contributed by atoms with Crippen LogP contribution in [-0.2, 0) is 24.4 Å². The molecule has 13 heteroatoms. The molecule has 14 rings (SSSR count). The number of nitrogens with two attached hydrogens (primary N) is 7. The van der Waals surface area contributed by atoms with Gasteiger partial charge in [-0.3, -0.25) is 0 Å². The van der Waals surface area contributed by atoms with E-state index < -0.39 is 0 Å². The average Bonchev–Trinajstić information content (AvgIpc) is 0.787. The molecule has 8 atom stereocenters. The van der Waals surface area contributed by atoms with Gasteiger partial charge in [0.05, 0.1) is 36.6 Å². The molecule has 0 aromatic heterocycles. The zero-order valence-electron chi connectivity index (χ0n) is 75.8. The van der Waals surface area contributed by atoms with Gasteiger partial charge in [-0.1, -0.05) is 266 Å². The lowest BCUT2D eigenvalue weighted by molar-refractivity contribution is -0.0837. The fourth-order valence-electron chi connectivity index (χ4n) is 18.8. The minimum Gasteiger partial charge on any atom is -0.497 e. The van der Waals surface area contributed by atoms with E-state index in [0.717, 1.165) is 148 Å². The monoisotopic (exact) mass is 1650 g/mol. The second kappa shape index (κ2) is 51.6. The molecule has 8 unspecified atom stereocenters. The summed E-state index contributed by atoms with van der Waals surface area (Å²) in [6.45, 7) is 28.1. The Kier molecular flexibility index (Phi) is 41.8. The van der Waals surface area contributed by atoms with Gasteiger partial charge in [-0.05, 0) is 294 Å². The zero-order chi connectivity index (χ0) is 87.6. The van der Waals surface area contributed by atoms with Gasteiger partial charge in [-0.25, -0.2) is 0 Å². The Morgan fingerprint density at radius 1 is 0.303 bits per heavy atom. The number of aryl methyl sites for hydroxylation is 1. The zero-order valence-corrected chi connectivity index (χ0v) is 75.8. The van der Waals surface area contributed by atoms with E-state index in [1.54, 1.807) is 14.2 Å². The van der Waals surface area contributed by atoms with E-state index in [0.29, 0.717) is 67.0 Å². The Hall–Kier alpha value is -8.64. The van der Waals surface area contributed by atoms with E-state index in [1.165, 1.54) is 61.2 Å². The van der Waals surface area contributed by atoms with Gasteiger partial charge in [0, 0.05) is 62.7 Å². The maximum absolute atomic E-state index is 5.88. The van der Waals surface area contributed by atoms with Crippen LogP contribution in [-0.4, -0.2) is 109 Å². The van der Waals surface area contributed by atoms with Crippen LogP contribution in [0.5, 0.6) is 11.5 Å². The van der Waals surface area contributed by atoms with Crippen LogP contribution < -0.4 is 49.6 Å². The van der Waals surface area contributed by atoms with Crippen LogP contribution in [0.25, 0.3) is 0 Å². The molecule has 4 heterocycles. The fourth-order valence-corrected chi connectivity index (χ4v) is 18.8. The molecule has 4 aliphatic rings. The van der Waals surface area contributed by atoms with Crippen LogP contribution in [0, 0.1) is 24.7 Å². The summed E-state index contributed by atoms with van der Waals surface area (Å²) in [5.41, 5.74) is 55.7. The largest absolute Gasteiger partial charge is 0.497 e. The van der Waals surface area contributed by atoms with E-state index in [2.05, 4.69) is 281 Å². The van der Waals surface area contributed by atoms with Gasteiger partial charge in [-0.2, -0.15) is 0 Å². The minimum atomic E-state index is -0.0384. The third-order valence-corrected chi connectivity index (χ3v) is 24.9. The molecule has 14 N–H and O–H groups in total. The second-order valence-corrected chi connectivity index (χ2v) is 36.0. The smallest absolute Gasteiger partial charge is 0.118 e. The Bertz CT molecular complexity index is 4290. The Balaban J connectivity index is 0.000000177. The highest BCUT2D eigenvalue weighted by molar-refractivity contribution is 5.38. The minimum absolute atomic E-state index is 0.0117. The normalized spacial score (nSPS) is 19.5. The van der Waals surface area contributed by atoms with Crippen molar-refractivity contribution in [3.05, 3.63) is 346 Å². The lowest BCUT2D eigenvalue weighted by atomic mass is 9.67. The van der Waals surface area contributed by atoms with Crippen molar-refractivity contribution in [3.8, 4) is 11.5 Å². The molecule has 4 saturated heterocycles. The van der Waals surface area contributed by atoms with Gasteiger partial charge in [0.2, 0.25) is 0 Å². The summed E-state index contributed by atoms with van der Waals surface area (Å²) in [4.78, 5) is 0. The molecular formula is C109H151N7O6. The average molecular weight is 1660 g/mol. The third kappa shape index (κ3) is 32.2. The van der Waals surface area contributed by atoms with Gasteiger partial charge >= 0.3 is 0 Å². The maximum atomic E-state index is 5.88. The highest BCUT2D eigenvalue weighted by Crippen LogP contribution is 2.46. The molecule has 10 aromatic rings. The van der Waals surface area contributed by atoms with Crippen molar-refractivity contribution in [1.29, 1.82) is 0 Å². The van der Waals surface area contributed by atoms with Crippen LogP contribution in [0.15, 0.2) is 285 Å². The molecule has 0 radical (unpaired) electrons. The van der Waals surface area contributed by atoms with Crippen molar-refractivity contribution in [1.82, 2.24) is 0 Å². The van der Waals surface area contributed by atoms with Crippen LogP contribution in [0.2, 0.25) is 0 Å². The van der Waals surface area contributed by atoms with E-state index in [9.17, 15) is 0 Å². The molecule has 0 spiro atoms. The maximum Gasteiger partial charge on any atom is 0.118 e. The van der Waals surface area contributed by atoms with E-state index in [1.807, 2.05) is 66.7 Å². The lowest BCUT2D eigenvalue weighted by Gasteiger charge is -2.45. The molecular weight excluding hydrogens is 1500 g/mol. The van der Waals surface area contributed by atoms with Crippen molar-refractivity contribution in [2.24, 2.45) is 57.9 Å². The van der Waals surface area contributed by atoms with Crippen molar-refractivity contribution in [3.63, 3.8) is 0 Å². The number of methoxy groups -OCH3 is 2. The molecule has 0 saturated carbocycles. The topological polar surface area (TPSA) is 238 Å². The Labute approximate surface area is 735 Å². The van der Waals surface area contributed by atoms with Gasteiger partial charge in [0.25, 0.3) is 0 Å². The summed E-state index contributed by atoms with van der Waals surface area (Å²) in [5, 5.41) is 0. The summed E-state index contributed by atoms with van der Waals surface area (Å²) in [6, 6.07) is 99.4. The molecule has 10 aromatic carbocycles. The number of hydrogen-bond donors (Lipinski definition) is 7. The SMILES string of the molecule is CC1(C)CC(C(CCN)c2ccccc2)CCO1.CC1(C)CC(CCN)(c2ccccc2)CCO1.COc1ccc(C(CCN)C2CCOC(C)(C)C2)cc1.COc1ccc(C(CN)c2ccccc2)cc1.Cc1ccc(C(CCN)C2CCOC(C)(C)C2)cc1.NCC(c1ccccc1)c1ccccc1.NCCC(c1ccccc1)c1ccccc1. The van der Waals surface area contributed by atoms with E-state index >= 15 is 0 Å². The van der Waals surface area contributed by atoms with Crippen LogP contribution in [0.1, 0.15) is 236 Å². The molecule has 13 nitrogen and oxygen atoms in total.